The van der Waals surface area contributed by atoms with Crippen molar-refractivity contribution in [2.45, 2.75) is 23.0 Å². The summed E-state index contributed by atoms with van der Waals surface area (Å²) in [6.45, 7) is 1.22. The zero-order chi connectivity index (χ0) is 22.9. The Morgan fingerprint density at radius 2 is 1.66 bits per heavy atom. The highest BCUT2D eigenvalue weighted by molar-refractivity contribution is 7.92. The average Bonchev–Trinajstić information content (AvgIpc) is 3.28. The molecule has 0 aliphatic carbocycles. The standard InChI is InChI=1S/C22H22Cl2N2O4S2/c1-29-20-4-3-18(12-21(20)30-2)32(27,28)17-5-7-26(8-6-17)22-25-19(13-31-22)14-9-15(23)11-16(24)10-14/h3-4,9-13,17H,5-8H2,1-2H3. The van der Waals surface area contributed by atoms with Crippen molar-refractivity contribution in [2.75, 3.05) is 32.2 Å². The van der Waals surface area contributed by atoms with E-state index < -0.39 is 15.1 Å². The Bertz CT molecular complexity index is 1200. The van der Waals surface area contributed by atoms with Crippen molar-refractivity contribution in [3.63, 3.8) is 0 Å². The fourth-order valence-electron chi connectivity index (χ4n) is 3.79. The summed E-state index contributed by atoms with van der Waals surface area (Å²) in [5.74, 6) is 0.907. The predicted molar refractivity (Wildman–Crippen MR) is 130 cm³/mol. The highest BCUT2D eigenvalue weighted by Gasteiger charge is 2.32. The van der Waals surface area contributed by atoms with Crippen LogP contribution in [0.4, 0.5) is 5.13 Å². The number of ether oxygens (including phenoxy) is 2. The maximum absolute atomic E-state index is 13.2. The lowest BCUT2D eigenvalue weighted by Gasteiger charge is -2.31. The van der Waals surface area contributed by atoms with Gasteiger partial charge in [-0.15, -0.1) is 11.3 Å². The molecule has 3 aromatic rings. The van der Waals surface area contributed by atoms with Crippen molar-refractivity contribution in [3.8, 4) is 22.8 Å². The van der Waals surface area contributed by atoms with E-state index >= 15 is 0 Å². The highest BCUT2D eigenvalue weighted by Crippen LogP contribution is 2.35. The Morgan fingerprint density at radius 3 is 2.28 bits per heavy atom. The van der Waals surface area contributed by atoms with Crippen LogP contribution in [0.15, 0.2) is 46.7 Å². The second kappa shape index (κ2) is 9.47. The Labute approximate surface area is 201 Å². The zero-order valence-electron chi connectivity index (χ0n) is 17.5. The molecule has 2 heterocycles. The van der Waals surface area contributed by atoms with E-state index in [0.717, 1.165) is 16.4 Å². The molecule has 0 N–H and O–H groups in total. The molecule has 0 amide bonds. The first-order valence-corrected chi connectivity index (χ1v) is 13.1. The molecule has 0 saturated carbocycles. The summed E-state index contributed by atoms with van der Waals surface area (Å²) in [6, 6.07) is 10.1. The molecule has 0 spiro atoms. The molecule has 6 nitrogen and oxygen atoms in total. The minimum absolute atomic E-state index is 0.253. The van der Waals surface area contributed by atoms with E-state index in [-0.39, 0.29) is 4.90 Å². The predicted octanol–water partition coefficient (Wildman–Crippen LogP) is 5.58. The molecule has 1 aliphatic rings. The van der Waals surface area contributed by atoms with Crippen LogP contribution in [0, 0.1) is 0 Å². The van der Waals surface area contributed by atoms with Crippen LogP contribution >= 0.6 is 34.5 Å². The topological polar surface area (TPSA) is 68.7 Å². The Kier molecular flexibility index (Phi) is 6.86. The maximum atomic E-state index is 13.2. The molecule has 0 unspecified atom stereocenters. The molecule has 0 bridgehead atoms. The van der Waals surface area contributed by atoms with Gasteiger partial charge in [-0.2, -0.15) is 0 Å². The molecule has 0 radical (unpaired) electrons. The van der Waals surface area contributed by atoms with Crippen LogP contribution in [0.3, 0.4) is 0 Å². The van der Waals surface area contributed by atoms with Crippen LogP contribution < -0.4 is 14.4 Å². The number of anilines is 1. The third-order valence-electron chi connectivity index (χ3n) is 5.49. The first-order chi connectivity index (χ1) is 15.3. The van der Waals surface area contributed by atoms with Crippen molar-refractivity contribution < 1.29 is 17.9 Å². The molecule has 2 aromatic carbocycles. The van der Waals surface area contributed by atoms with Crippen molar-refractivity contribution >= 4 is 49.5 Å². The lowest BCUT2D eigenvalue weighted by Crippen LogP contribution is -2.39. The summed E-state index contributed by atoms with van der Waals surface area (Å²) in [7, 11) is -0.468. The SMILES string of the molecule is COc1ccc(S(=O)(=O)C2CCN(c3nc(-c4cc(Cl)cc(Cl)c4)cs3)CC2)cc1OC. The maximum Gasteiger partial charge on any atom is 0.185 e. The molecule has 10 heteroatoms. The average molecular weight is 513 g/mol. The van der Waals surface area contributed by atoms with Gasteiger partial charge in [0.05, 0.1) is 30.1 Å². The third-order valence-corrected chi connectivity index (χ3v) is 9.08. The van der Waals surface area contributed by atoms with Crippen molar-refractivity contribution in [2.24, 2.45) is 0 Å². The number of aromatic nitrogens is 1. The molecule has 1 aromatic heterocycles. The Hall–Kier alpha value is -2.00. The Balaban J connectivity index is 1.47. The number of nitrogens with zero attached hydrogens (tertiary/aromatic N) is 2. The van der Waals surface area contributed by atoms with Crippen LogP contribution in [0.2, 0.25) is 10.0 Å². The van der Waals surface area contributed by atoms with Crippen molar-refractivity contribution in [3.05, 3.63) is 51.8 Å². The smallest absolute Gasteiger partial charge is 0.185 e. The number of methoxy groups -OCH3 is 2. The summed E-state index contributed by atoms with van der Waals surface area (Å²) >= 11 is 13.7. The number of hydrogen-bond acceptors (Lipinski definition) is 7. The number of halogens is 2. The summed E-state index contributed by atoms with van der Waals surface area (Å²) in [6.07, 6.45) is 1.04. The lowest BCUT2D eigenvalue weighted by molar-refractivity contribution is 0.354. The minimum atomic E-state index is -3.48. The minimum Gasteiger partial charge on any atom is -0.493 e. The van der Waals surface area contributed by atoms with Gasteiger partial charge in [0, 0.05) is 40.1 Å². The van der Waals surface area contributed by atoms with Gasteiger partial charge >= 0.3 is 0 Å². The Morgan fingerprint density at radius 1 is 1.00 bits per heavy atom. The second-order valence-corrected chi connectivity index (χ2v) is 11.4. The van der Waals surface area contributed by atoms with E-state index in [1.165, 1.54) is 31.6 Å². The molecule has 1 fully saturated rings. The van der Waals surface area contributed by atoms with E-state index in [0.29, 0.717) is 47.5 Å². The highest BCUT2D eigenvalue weighted by atomic mass is 35.5. The molecule has 0 atom stereocenters. The number of sulfone groups is 1. The fourth-order valence-corrected chi connectivity index (χ4v) is 6.95. The van der Waals surface area contributed by atoms with Gasteiger partial charge in [-0.1, -0.05) is 23.2 Å². The number of benzene rings is 2. The van der Waals surface area contributed by atoms with Gasteiger partial charge in [0.2, 0.25) is 0 Å². The van der Waals surface area contributed by atoms with E-state index in [4.69, 9.17) is 37.7 Å². The van der Waals surface area contributed by atoms with Gasteiger partial charge in [-0.25, -0.2) is 13.4 Å². The molecule has 1 aliphatic heterocycles. The van der Waals surface area contributed by atoms with Crippen LogP contribution in [-0.2, 0) is 9.84 Å². The first-order valence-electron chi connectivity index (χ1n) is 9.94. The van der Waals surface area contributed by atoms with Crippen LogP contribution in [0.25, 0.3) is 11.3 Å². The van der Waals surface area contributed by atoms with Gasteiger partial charge in [0.25, 0.3) is 0 Å². The normalized spacial score (nSPS) is 15.1. The summed E-state index contributed by atoms with van der Waals surface area (Å²) in [5.41, 5.74) is 1.66. The van der Waals surface area contributed by atoms with Crippen molar-refractivity contribution in [1.82, 2.24) is 4.98 Å². The van der Waals surface area contributed by atoms with Crippen LogP contribution in [0.5, 0.6) is 11.5 Å². The van der Waals surface area contributed by atoms with Gasteiger partial charge < -0.3 is 14.4 Å². The third kappa shape index (κ3) is 4.69. The molecule has 4 rings (SSSR count). The number of rotatable bonds is 6. The lowest BCUT2D eigenvalue weighted by atomic mass is 10.1. The summed E-state index contributed by atoms with van der Waals surface area (Å²) in [4.78, 5) is 7.10. The number of thiazole rings is 1. The van der Waals surface area contributed by atoms with Crippen LogP contribution in [-0.4, -0.2) is 46.0 Å². The number of piperidine rings is 1. The van der Waals surface area contributed by atoms with Crippen molar-refractivity contribution in [1.29, 1.82) is 0 Å². The van der Waals surface area contributed by atoms with E-state index in [1.807, 2.05) is 17.5 Å². The van der Waals surface area contributed by atoms with Gasteiger partial charge in [-0.05, 0) is 43.2 Å². The van der Waals surface area contributed by atoms with Gasteiger partial charge in [-0.3, -0.25) is 0 Å². The van der Waals surface area contributed by atoms with E-state index in [1.54, 1.807) is 18.2 Å². The molecule has 170 valence electrons. The first kappa shape index (κ1) is 23.2. The molecule has 32 heavy (non-hydrogen) atoms. The van der Waals surface area contributed by atoms with E-state index in [2.05, 4.69) is 4.90 Å². The van der Waals surface area contributed by atoms with Crippen LogP contribution in [0.1, 0.15) is 12.8 Å². The second-order valence-electron chi connectivity index (χ2n) is 7.42. The molecule has 1 saturated heterocycles. The summed E-state index contributed by atoms with van der Waals surface area (Å²) < 4.78 is 36.9. The van der Waals surface area contributed by atoms with E-state index in [9.17, 15) is 8.42 Å². The fraction of sp³-hybridized carbons (Fsp3) is 0.318. The summed E-state index contributed by atoms with van der Waals surface area (Å²) in [5, 5.41) is 3.48. The molecular weight excluding hydrogens is 491 g/mol. The zero-order valence-corrected chi connectivity index (χ0v) is 20.7. The number of hydrogen-bond donors (Lipinski definition) is 0. The monoisotopic (exact) mass is 512 g/mol. The quantitative estimate of drug-likeness (QED) is 0.429. The van der Waals surface area contributed by atoms with Gasteiger partial charge in [0.15, 0.2) is 26.5 Å². The largest absolute Gasteiger partial charge is 0.493 e. The van der Waals surface area contributed by atoms with Gasteiger partial charge in [0.1, 0.15) is 0 Å². The molecular formula is C22H22Cl2N2O4S2.